The number of benzene rings is 2. The largest absolute Gasteiger partial charge is 0.493 e. The molecule has 4 nitrogen and oxygen atoms in total. The molecule has 138 valence electrons. The van der Waals surface area contributed by atoms with E-state index in [1.165, 1.54) is 6.07 Å². The van der Waals surface area contributed by atoms with Crippen LogP contribution in [0.3, 0.4) is 0 Å². The average molecular weight is 357 g/mol. The molecule has 1 amide bonds. The molecule has 0 aromatic heterocycles. The molecular formula is C21H24FNO3. The molecule has 1 atom stereocenters. The van der Waals surface area contributed by atoms with Crippen molar-refractivity contribution in [2.24, 2.45) is 5.41 Å². The first-order valence-electron chi connectivity index (χ1n) is 8.75. The van der Waals surface area contributed by atoms with Gasteiger partial charge in [-0.3, -0.25) is 0 Å². The van der Waals surface area contributed by atoms with Gasteiger partial charge >= 0.3 is 6.09 Å². The van der Waals surface area contributed by atoms with E-state index in [2.05, 4.69) is 19.2 Å². The van der Waals surface area contributed by atoms with Crippen LogP contribution in [0.5, 0.6) is 5.75 Å². The molecule has 0 aliphatic carbocycles. The van der Waals surface area contributed by atoms with E-state index in [0.717, 1.165) is 11.1 Å². The van der Waals surface area contributed by atoms with E-state index < -0.39 is 17.6 Å². The monoisotopic (exact) mass is 357 g/mol. The second-order valence-electron chi connectivity index (χ2n) is 7.81. The Morgan fingerprint density at radius 3 is 2.69 bits per heavy atom. The normalized spacial score (nSPS) is 18.2. The van der Waals surface area contributed by atoms with Gasteiger partial charge in [0.25, 0.3) is 0 Å². The number of rotatable bonds is 3. The fourth-order valence-corrected chi connectivity index (χ4v) is 3.37. The zero-order chi connectivity index (χ0) is 19.1. The molecule has 0 radical (unpaired) electrons. The highest BCUT2D eigenvalue weighted by Crippen LogP contribution is 2.45. The number of carboxylic acid groups (broad SMARTS) is 1. The number of halogens is 1. The van der Waals surface area contributed by atoms with Gasteiger partial charge < -0.3 is 15.2 Å². The molecule has 2 aromatic rings. The molecular weight excluding hydrogens is 333 g/mol. The summed E-state index contributed by atoms with van der Waals surface area (Å²) in [4.78, 5) is 11.2. The van der Waals surface area contributed by atoms with E-state index in [9.17, 15) is 9.18 Å². The molecule has 2 N–H and O–H groups in total. The lowest BCUT2D eigenvalue weighted by Gasteiger charge is -2.39. The summed E-state index contributed by atoms with van der Waals surface area (Å²) in [6, 6.07) is 10.3. The van der Waals surface area contributed by atoms with E-state index in [1.807, 2.05) is 38.1 Å². The number of fused-ring (bicyclic) bond motifs is 1. The molecule has 5 heteroatoms. The van der Waals surface area contributed by atoms with Crippen molar-refractivity contribution in [2.45, 2.75) is 39.7 Å². The number of nitrogens with one attached hydrogen (secondary N) is 1. The lowest BCUT2D eigenvalue weighted by Crippen LogP contribution is -2.43. The van der Waals surface area contributed by atoms with Crippen molar-refractivity contribution in [3.05, 3.63) is 53.3 Å². The van der Waals surface area contributed by atoms with Crippen molar-refractivity contribution in [3.8, 4) is 16.9 Å². The Morgan fingerprint density at radius 1 is 1.31 bits per heavy atom. The van der Waals surface area contributed by atoms with Crippen molar-refractivity contribution >= 4 is 6.09 Å². The predicted octanol–water partition coefficient (Wildman–Crippen LogP) is 5.34. The molecule has 0 saturated carbocycles. The van der Waals surface area contributed by atoms with Gasteiger partial charge in [-0.25, -0.2) is 9.18 Å². The first kappa shape index (κ1) is 18.2. The van der Waals surface area contributed by atoms with Gasteiger partial charge in [0.2, 0.25) is 0 Å². The Bertz CT molecular complexity index is 845. The highest BCUT2D eigenvalue weighted by molar-refractivity contribution is 5.70. The number of ether oxygens (including phenoxy) is 1. The Balaban J connectivity index is 2.08. The fraction of sp³-hybridized carbons (Fsp3) is 0.381. The summed E-state index contributed by atoms with van der Waals surface area (Å²) in [5, 5.41) is 11.7. The molecule has 0 spiro atoms. The lowest BCUT2D eigenvalue weighted by molar-refractivity contribution is 0.0992. The lowest BCUT2D eigenvalue weighted by atomic mass is 9.78. The topological polar surface area (TPSA) is 58.6 Å². The molecule has 1 aliphatic heterocycles. The summed E-state index contributed by atoms with van der Waals surface area (Å²) in [5.41, 5.74) is 2.43. The van der Waals surface area contributed by atoms with Crippen LogP contribution in [0.1, 0.15) is 50.8 Å². The van der Waals surface area contributed by atoms with Gasteiger partial charge in [0.05, 0.1) is 12.6 Å². The van der Waals surface area contributed by atoms with Gasteiger partial charge in [0.15, 0.2) is 0 Å². The zero-order valence-electron chi connectivity index (χ0n) is 15.5. The quantitative estimate of drug-likeness (QED) is 0.779. The van der Waals surface area contributed by atoms with E-state index in [4.69, 9.17) is 9.84 Å². The minimum absolute atomic E-state index is 0.344. The third kappa shape index (κ3) is 3.39. The molecule has 1 heterocycles. The molecule has 1 unspecified atom stereocenters. The number of carbonyl (C=O) groups is 1. The summed E-state index contributed by atoms with van der Waals surface area (Å²) < 4.78 is 20.8. The summed E-state index contributed by atoms with van der Waals surface area (Å²) in [5.74, 6) is 0.481. The first-order chi connectivity index (χ1) is 12.2. The van der Waals surface area contributed by atoms with E-state index >= 15 is 0 Å². The Morgan fingerprint density at radius 2 is 2.04 bits per heavy atom. The van der Waals surface area contributed by atoms with Crippen LogP contribution in [-0.4, -0.2) is 17.8 Å². The van der Waals surface area contributed by atoms with Gasteiger partial charge in [0.1, 0.15) is 11.6 Å². The summed E-state index contributed by atoms with van der Waals surface area (Å²) >= 11 is 0. The van der Waals surface area contributed by atoms with Gasteiger partial charge in [-0.05, 0) is 29.2 Å². The average Bonchev–Trinajstić information content (AvgIpc) is 2.57. The molecule has 2 aromatic carbocycles. The van der Waals surface area contributed by atoms with Crippen molar-refractivity contribution in [1.82, 2.24) is 5.32 Å². The Kier molecular flexibility index (Phi) is 4.65. The van der Waals surface area contributed by atoms with Crippen LogP contribution in [0.4, 0.5) is 9.18 Å². The highest BCUT2D eigenvalue weighted by atomic mass is 19.1. The van der Waals surface area contributed by atoms with Crippen LogP contribution in [0.2, 0.25) is 0 Å². The van der Waals surface area contributed by atoms with Crippen LogP contribution in [0.25, 0.3) is 11.1 Å². The molecule has 0 fully saturated rings. The number of amides is 1. The molecule has 26 heavy (non-hydrogen) atoms. The first-order valence-corrected chi connectivity index (χ1v) is 8.75. The second-order valence-corrected chi connectivity index (χ2v) is 7.81. The van der Waals surface area contributed by atoms with E-state index in [1.54, 1.807) is 6.07 Å². The maximum Gasteiger partial charge on any atom is 0.405 e. The van der Waals surface area contributed by atoms with E-state index in [0.29, 0.717) is 29.4 Å². The maximum absolute atomic E-state index is 14.9. The number of hydrogen-bond donors (Lipinski definition) is 2. The van der Waals surface area contributed by atoms with Crippen LogP contribution in [0, 0.1) is 11.2 Å². The molecule has 1 aliphatic rings. The minimum atomic E-state index is -1.13. The minimum Gasteiger partial charge on any atom is -0.493 e. The van der Waals surface area contributed by atoms with Gasteiger partial charge in [-0.2, -0.15) is 0 Å². The van der Waals surface area contributed by atoms with Crippen LogP contribution in [-0.2, 0) is 0 Å². The molecule has 0 saturated heterocycles. The molecule has 0 bridgehead atoms. The van der Waals surface area contributed by atoms with Gasteiger partial charge in [0, 0.05) is 16.5 Å². The second kappa shape index (κ2) is 6.63. The van der Waals surface area contributed by atoms with E-state index in [-0.39, 0.29) is 5.82 Å². The standard InChI is InChI=1S/C21H24FNO3/c1-12(2)13-6-5-7-14(8-13)15-10-18-16(9-17(15)22)19(23-20(24)25)21(3,4)11-26-18/h5-10,12,19,23H,11H2,1-4H3,(H,24,25). The van der Waals surface area contributed by atoms with Gasteiger partial charge in [-0.1, -0.05) is 52.0 Å². The van der Waals surface area contributed by atoms with Crippen molar-refractivity contribution in [1.29, 1.82) is 0 Å². The zero-order valence-corrected chi connectivity index (χ0v) is 15.5. The van der Waals surface area contributed by atoms with Crippen LogP contribution < -0.4 is 10.1 Å². The SMILES string of the molecule is CC(C)c1cccc(-c2cc3c(cc2F)C(NC(=O)O)C(C)(C)CO3)c1. The van der Waals surface area contributed by atoms with Crippen molar-refractivity contribution < 1.29 is 19.0 Å². The number of hydrogen-bond acceptors (Lipinski definition) is 2. The Labute approximate surface area is 153 Å². The Hall–Kier alpha value is -2.56. The predicted molar refractivity (Wildman–Crippen MR) is 99.1 cm³/mol. The third-order valence-corrected chi connectivity index (χ3v) is 4.92. The van der Waals surface area contributed by atoms with Crippen LogP contribution in [0.15, 0.2) is 36.4 Å². The molecule has 3 rings (SSSR count). The smallest absolute Gasteiger partial charge is 0.405 e. The van der Waals surface area contributed by atoms with Crippen molar-refractivity contribution in [2.75, 3.05) is 6.61 Å². The highest BCUT2D eigenvalue weighted by Gasteiger charge is 2.39. The van der Waals surface area contributed by atoms with Crippen molar-refractivity contribution in [3.63, 3.8) is 0 Å². The third-order valence-electron chi connectivity index (χ3n) is 4.92. The fourth-order valence-electron chi connectivity index (χ4n) is 3.37. The maximum atomic E-state index is 14.9. The van der Waals surface area contributed by atoms with Gasteiger partial charge in [-0.15, -0.1) is 0 Å². The summed E-state index contributed by atoms with van der Waals surface area (Å²) in [6.45, 7) is 8.33. The van der Waals surface area contributed by atoms with Crippen LogP contribution >= 0.6 is 0 Å². The summed E-state index contributed by atoms with van der Waals surface area (Å²) in [6.07, 6.45) is -1.13. The summed E-state index contributed by atoms with van der Waals surface area (Å²) in [7, 11) is 0.